The summed E-state index contributed by atoms with van der Waals surface area (Å²) in [6, 6.07) is 1.95. The van der Waals surface area contributed by atoms with E-state index < -0.39 is 11.5 Å². The van der Waals surface area contributed by atoms with Crippen molar-refractivity contribution in [2.45, 2.75) is 0 Å². The number of carbonyl (C=O) groups excluding carboxylic acids is 1. The molecule has 14 heavy (non-hydrogen) atoms. The second kappa shape index (κ2) is 10.7. The molecule has 0 aliphatic rings. The van der Waals surface area contributed by atoms with E-state index in [2.05, 4.69) is 0 Å². The number of hydrogen-bond donors (Lipinski definition) is 3. The fourth-order valence-corrected chi connectivity index (χ4v) is 0.729. The summed E-state index contributed by atoms with van der Waals surface area (Å²) in [6.45, 7) is 0. The Balaban J connectivity index is -0.000000403. The van der Waals surface area contributed by atoms with E-state index in [1.54, 1.807) is 0 Å². The summed E-state index contributed by atoms with van der Waals surface area (Å²) in [5.74, 6) is -1.15. The molecule has 1 aromatic carbocycles. The minimum absolute atomic E-state index is 0. The van der Waals surface area contributed by atoms with E-state index in [1.165, 1.54) is 0 Å². The Labute approximate surface area is 189 Å². The molecule has 0 fully saturated rings. The van der Waals surface area contributed by atoms with E-state index in [0.29, 0.717) is 6.29 Å². The summed E-state index contributed by atoms with van der Waals surface area (Å²) in [7, 11) is 0. The van der Waals surface area contributed by atoms with Gasteiger partial charge in [-0.15, -0.1) is 0 Å². The van der Waals surface area contributed by atoms with Crippen molar-refractivity contribution in [2.75, 3.05) is 0 Å². The minimum Gasteiger partial charge on any atom is -0.508 e. The Morgan fingerprint density at radius 2 is 1.29 bits per heavy atom. The first-order valence-corrected chi connectivity index (χ1v) is 2.85. The van der Waals surface area contributed by atoms with Crippen molar-refractivity contribution >= 4 is 6.29 Å². The maximum atomic E-state index is 10.2. The average molecular weight is 835 g/mol. The number of phenols is 3. The summed E-state index contributed by atoms with van der Waals surface area (Å²) in [6.07, 6.45) is 0.310. The van der Waals surface area contributed by atoms with Gasteiger partial charge in [0.25, 0.3) is 0 Å². The van der Waals surface area contributed by atoms with Crippen LogP contribution in [0, 0.1) is 132 Å². The second-order valence-corrected chi connectivity index (χ2v) is 2.02. The van der Waals surface area contributed by atoms with Gasteiger partial charge in [0.2, 0.25) is 0 Å². The molecule has 67 valence electrons. The molecule has 0 amide bonds. The Kier molecular flexibility index (Phi) is 16.8. The predicted molar refractivity (Wildman–Crippen MR) is 36.8 cm³/mol. The molecule has 7 heteroatoms. The van der Waals surface area contributed by atoms with Gasteiger partial charge in [0.1, 0.15) is 17.2 Å². The van der Waals surface area contributed by atoms with Crippen molar-refractivity contribution in [3.63, 3.8) is 0 Å². The minimum atomic E-state index is -0.433. The number of phenolic OH excluding ortho intramolecular Hbond substituents is 3. The van der Waals surface area contributed by atoms with Gasteiger partial charge in [-0.1, -0.05) is 0 Å². The topological polar surface area (TPSA) is 77.8 Å². The first-order chi connectivity index (χ1) is 5.15. The third kappa shape index (κ3) is 6.37. The molecule has 3 radical (unpaired) electrons. The largest absolute Gasteiger partial charge is 0.508 e. The van der Waals surface area contributed by atoms with Crippen molar-refractivity contribution in [3.05, 3.63) is 17.7 Å². The van der Waals surface area contributed by atoms with Crippen molar-refractivity contribution in [2.24, 2.45) is 0 Å². The molecule has 3 N–H and O–H groups in total. The van der Waals surface area contributed by atoms with E-state index in [9.17, 15) is 4.79 Å². The van der Waals surface area contributed by atoms with Crippen molar-refractivity contribution in [1.82, 2.24) is 0 Å². The maximum absolute atomic E-state index is 10.2. The SMILES string of the molecule is O=Cc1c(O)cc(O)cc1O.[Ac].[Ac].[Ac]. The van der Waals surface area contributed by atoms with Crippen LogP contribution in [0.4, 0.5) is 0 Å². The molecule has 0 spiro atoms. The summed E-state index contributed by atoms with van der Waals surface area (Å²) in [5, 5.41) is 26.6. The quantitative estimate of drug-likeness (QED) is 0.364. The van der Waals surface area contributed by atoms with E-state index in [0.717, 1.165) is 12.1 Å². The van der Waals surface area contributed by atoms with Gasteiger partial charge >= 0.3 is 0 Å². The van der Waals surface area contributed by atoms with Crippen LogP contribution in [0.25, 0.3) is 0 Å². The van der Waals surface area contributed by atoms with E-state index >= 15 is 0 Å². The van der Waals surface area contributed by atoms with Gasteiger partial charge in [-0.2, -0.15) is 0 Å². The van der Waals surface area contributed by atoms with Crippen LogP contribution in [0.15, 0.2) is 12.1 Å². The number of rotatable bonds is 1. The first kappa shape index (κ1) is 21.9. The van der Waals surface area contributed by atoms with Crippen molar-refractivity contribution < 1.29 is 152 Å². The fourth-order valence-electron chi connectivity index (χ4n) is 0.729. The number of benzene rings is 1. The molecule has 0 aliphatic carbocycles. The van der Waals surface area contributed by atoms with Gasteiger partial charge in [-0.05, 0) is 0 Å². The molecule has 1 aromatic rings. The molecule has 0 atom stereocenters. The molecule has 0 unspecified atom stereocenters. The fraction of sp³-hybridized carbons (Fsp3) is 0. The van der Waals surface area contributed by atoms with Crippen molar-refractivity contribution in [3.8, 4) is 17.2 Å². The zero-order valence-electron chi connectivity index (χ0n) is 7.21. The third-order valence-corrected chi connectivity index (χ3v) is 1.24. The van der Waals surface area contributed by atoms with Gasteiger partial charge in [0, 0.05) is 144 Å². The van der Waals surface area contributed by atoms with Crippen LogP contribution >= 0.6 is 0 Å². The molecule has 0 saturated carbocycles. The number of carbonyl (C=O) groups is 1. The van der Waals surface area contributed by atoms with Crippen LogP contribution < -0.4 is 0 Å². The smallest absolute Gasteiger partial charge is 0.157 e. The molecule has 0 bridgehead atoms. The van der Waals surface area contributed by atoms with Crippen LogP contribution in [-0.4, -0.2) is 21.6 Å². The molecule has 1 rings (SSSR count). The Morgan fingerprint density at radius 3 is 1.57 bits per heavy atom. The monoisotopic (exact) mass is 835 g/mol. The first-order valence-electron chi connectivity index (χ1n) is 2.85. The van der Waals surface area contributed by atoms with E-state index in [1.807, 2.05) is 0 Å². The van der Waals surface area contributed by atoms with Crippen LogP contribution in [-0.2, 0) is 0 Å². The molecular weight excluding hydrogens is 829 g/mol. The van der Waals surface area contributed by atoms with E-state index in [-0.39, 0.29) is 144 Å². The summed E-state index contributed by atoms with van der Waals surface area (Å²) >= 11 is 0. The zero-order valence-corrected chi connectivity index (χ0v) is 21.5. The molecule has 0 saturated heterocycles. The van der Waals surface area contributed by atoms with Crippen LogP contribution in [0.2, 0.25) is 0 Å². The van der Waals surface area contributed by atoms with Gasteiger partial charge in [0.15, 0.2) is 6.29 Å². The Morgan fingerprint density at radius 1 is 0.929 bits per heavy atom. The molecular formula is C7H6Ac3O4. The number of aldehydes is 1. The summed E-state index contributed by atoms with van der Waals surface area (Å²) in [4.78, 5) is 10.2. The second-order valence-electron chi connectivity index (χ2n) is 2.02. The van der Waals surface area contributed by atoms with E-state index in [4.69, 9.17) is 15.3 Å². The maximum Gasteiger partial charge on any atom is 0.157 e. The van der Waals surface area contributed by atoms with Crippen LogP contribution in [0.5, 0.6) is 17.2 Å². The summed E-state index contributed by atoms with van der Waals surface area (Å²) in [5.41, 5.74) is -0.220. The molecule has 0 aromatic heterocycles. The molecule has 4 nitrogen and oxygen atoms in total. The normalized spacial score (nSPS) is 7.43. The van der Waals surface area contributed by atoms with Gasteiger partial charge < -0.3 is 15.3 Å². The van der Waals surface area contributed by atoms with Crippen molar-refractivity contribution in [1.29, 1.82) is 0 Å². The van der Waals surface area contributed by atoms with Gasteiger partial charge in [0.05, 0.1) is 5.56 Å². The average Bonchev–Trinajstić information content (AvgIpc) is 1.85. The van der Waals surface area contributed by atoms with Gasteiger partial charge in [-0.3, -0.25) is 4.79 Å². The zero-order chi connectivity index (χ0) is 8.43. The number of aromatic hydroxyl groups is 3. The van der Waals surface area contributed by atoms with Gasteiger partial charge in [-0.25, -0.2) is 0 Å². The van der Waals surface area contributed by atoms with Crippen LogP contribution in [0.1, 0.15) is 10.4 Å². The molecule has 0 aliphatic heterocycles. The Bertz CT molecular complexity index is 280. The Hall–Kier alpha value is 2.61. The van der Waals surface area contributed by atoms with Crippen LogP contribution in [0.3, 0.4) is 0 Å². The third-order valence-electron chi connectivity index (χ3n) is 1.24. The summed E-state index contributed by atoms with van der Waals surface area (Å²) < 4.78 is 0. The standard InChI is InChI=1S/C7H6O4.3Ac/c8-3-5-6(10)1-4(9)2-7(5)11;;;/h1-3,9-11H;;;. The molecule has 0 heterocycles. The number of hydrogen-bond acceptors (Lipinski definition) is 4. The predicted octanol–water partition coefficient (Wildman–Crippen LogP) is 0.616.